The molecule has 0 bridgehead atoms. The van der Waals surface area contributed by atoms with E-state index < -0.39 is 17.3 Å². The Hall–Kier alpha value is -2.12. The molecule has 0 aliphatic carbocycles. The number of anilines is 2. The normalized spacial score (nSPS) is 11.8. The molecule has 1 heterocycles. The minimum Gasteiger partial charge on any atom is -0.481 e. The molecule has 2 aromatic rings. The molecule has 0 saturated heterocycles. The highest BCUT2D eigenvalue weighted by Crippen LogP contribution is 2.44. The average molecular weight is 384 g/mol. The van der Waals surface area contributed by atoms with Crippen molar-refractivity contribution in [1.29, 1.82) is 0 Å². The second-order valence-electron chi connectivity index (χ2n) is 5.19. The maximum absolute atomic E-state index is 12.4. The summed E-state index contributed by atoms with van der Waals surface area (Å²) in [6, 6.07) is 7.54. The summed E-state index contributed by atoms with van der Waals surface area (Å²) >= 11 is 0. The number of ether oxygens (including phenoxy) is 1. The monoisotopic (exact) mass is 384 g/mol. The number of nitrogens with one attached hydrogen (secondary N) is 2. The molecule has 0 unspecified atom stereocenters. The second-order valence-corrected chi connectivity index (χ2v) is 10.1. The molecule has 0 atom stereocenters. The molecule has 0 fully saturated rings. The molecule has 0 radical (unpaired) electrons. The standard InChI is InChI=1S/C15H21N4O4PS/c1-4-24(20,5-2)18-12-6-8-13(9-7-12)25(21,22)19-15-16-11-10-14(17-15)23-3/h6-11H,4-5H2,1-3H3,(H,18,20)(H,16,17,19). The maximum atomic E-state index is 12.4. The molecule has 136 valence electrons. The quantitative estimate of drug-likeness (QED) is 0.673. The number of benzene rings is 1. The van der Waals surface area contributed by atoms with Crippen molar-refractivity contribution in [1.82, 2.24) is 9.97 Å². The van der Waals surface area contributed by atoms with Crippen LogP contribution in [0, 0.1) is 0 Å². The van der Waals surface area contributed by atoms with E-state index in [0.717, 1.165) is 0 Å². The summed E-state index contributed by atoms with van der Waals surface area (Å²) in [5.41, 5.74) is 0.614. The van der Waals surface area contributed by atoms with Crippen LogP contribution in [0.1, 0.15) is 13.8 Å². The van der Waals surface area contributed by atoms with E-state index >= 15 is 0 Å². The van der Waals surface area contributed by atoms with Crippen LogP contribution in [0.2, 0.25) is 0 Å². The van der Waals surface area contributed by atoms with Crippen molar-refractivity contribution < 1.29 is 17.7 Å². The maximum Gasteiger partial charge on any atom is 0.264 e. The van der Waals surface area contributed by atoms with Gasteiger partial charge in [-0.15, -0.1) is 0 Å². The van der Waals surface area contributed by atoms with Gasteiger partial charge in [-0.1, -0.05) is 13.8 Å². The van der Waals surface area contributed by atoms with Crippen molar-refractivity contribution in [2.45, 2.75) is 18.7 Å². The minimum atomic E-state index is -3.84. The van der Waals surface area contributed by atoms with Gasteiger partial charge in [-0.25, -0.2) is 18.1 Å². The van der Waals surface area contributed by atoms with Crippen LogP contribution in [0.5, 0.6) is 5.88 Å². The molecule has 0 saturated carbocycles. The zero-order valence-corrected chi connectivity index (χ0v) is 16.0. The number of sulfonamides is 1. The third-order valence-corrected chi connectivity index (χ3v) is 7.64. The fourth-order valence-corrected chi connectivity index (χ4v) is 4.34. The summed E-state index contributed by atoms with van der Waals surface area (Å²) in [4.78, 5) is 7.82. The van der Waals surface area contributed by atoms with Crippen LogP contribution in [0.15, 0.2) is 41.4 Å². The second kappa shape index (κ2) is 7.84. The molecular weight excluding hydrogens is 363 g/mol. The number of hydrogen-bond donors (Lipinski definition) is 2. The van der Waals surface area contributed by atoms with Gasteiger partial charge in [0.15, 0.2) is 7.29 Å². The highest BCUT2D eigenvalue weighted by molar-refractivity contribution is 7.92. The lowest BCUT2D eigenvalue weighted by Crippen LogP contribution is -2.15. The smallest absolute Gasteiger partial charge is 0.264 e. The van der Waals surface area contributed by atoms with Crippen LogP contribution in [0.25, 0.3) is 0 Å². The van der Waals surface area contributed by atoms with E-state index in [1.807, 2.05) is 13.8 Å². The van der Waals surface area contributed by atoms with Crippen molar-refractivity contribution in [3.63, 3.8) is 0 Å². The van der Waals surface area contributed by atoms with E-state index in [9.17, 15) is 13.0 Å². The van der Waals surface area contributed by atoms with Gasteiger partial charge in [0.1, 0.15) is 0 Å². The van der Waals surface area contributed by atoms with Crippen LogP contribution in [-0.4, -0.2) is 37.8 Å². The van der Waals surface area contributed by atoms with E-state index in [1.54, 1.807) is 12.1 Å². The van der Waals surface area contributed by atoms with E-state index in [1.165, 1.54) is 31.5 Å². The topological polar surface area (TPSA) is 110 Å². The molecule has 0 aliphatic rings. The molecule has 10 heteroatoms. The van der Waals surface area contributed by atoms with E-state index in [0.29, 0.717) is 18.0 Å². The average Bonchev–Trinajstić information content (AvgIpc) is 2.62. The van der Waals surface area contributed by atoms with Crippen LogP contribution >= 0.6 is 7.29 Å². The summed E-state index contributed by atoms with van der Waals surface area (Å²) in [6.45, 7) is 3.71. The Bertz CT molecular complexity index is 863. The lowest BCUT2D eigenvalue weighted by atomic mass is 10.3. The van der Waals surface area contributed by atoms with E-state index in [-0.39, 0.29) is 16.7 Å². The molecule has 0 amide bonds. The van der Waals surface area contributed by atoms with Gasteiger partial charge in [0.2, 0.25) is 11.8 Å². The van der Waals surface area contributed by atoms with Gasteiger partial charge in [-0.2, -0.15) is 4.98 Å². The third kappa shape index (κ3) is 4.93. The molecule has 1 aromatic carbocycles. The predicted octanol–water partition coefficient (Wildman–Crippen LogP) is 3.02. The Morgan fingerprint density at radius 3 is 2.32 bits per heavy atom. The van der Waals surface area contributed by atoms with Crippen LogP contribution in [-0.2, 0) is 14.6 Å². The largest absolute Gasteiger partial charge is 0.481 e. The van der Waals surface area contributed by atoms with Crippen molar-refractivity contribution in [2.24, 2.45) is 0 Å². The van der Waals surface area contributed by atoms with Crippen LogP contribution in [0.3, 0.4) is 0 Å². The van der Waals surface area contributed by atoms with Crippen molar-refractivity contribution >= 4 is 29.0 Å². The molecule has 8 nitrogen and oxygen atoms in total. The highest BCUT2D eigenvalue weighted by Gasteiger charge is 2.19. The van der Waals surface area contributed by atoms with Gasteiger partial charge < -0.3 is 14.4 Å². The van der Waals surface area contributed by atoms with Gasteiger partial charge in [-0.05, 0) is 24.3 Å². The van der Waals surface area contributed by atoms with Gasteiger partial charge in [-0.3, -0.25) is 0 Å². The van der Waals surface area contributed by atoms with E-state index in [4.69, 9.17) is 4.74 Å². The lowest BCUT2D eigenvalue weighted by Gasteiger charge is -2.17. The number of methoxy groups -OCH3 is 1. The predicted molar refractivity (Wildman–Crippen MR) is 98.1 cm³/mol. The number of rotatable bonds is 8. The first kappa shape index (κ1) is 19.2. The van der Waals surface area contributed by atoms with Gasteiger partial charge in [0, 0.05) is 30.3 Å². The number of aromatic nitrogens is 2. The lowest BCUT2D eigenvalue weighted by molar-refractivity contribution is 0.397. The van der Waals surface area contributed by atoms with Gasteiger partial charge in [0.05, 0.1) is 12.0 Å². The summed E-state index contributed by atoms with van der Waals surface area (Å²) in [7, 11) is -4.88. The summed E-state index contributed by atoms with van der Waals surface area (Å²) in [6.07, 6.45) is 2.44. The zero-order valence-electron chi connectivity index (χ0n) is 14.3. The van der Waals surface area contributed by atoms with Crippen LogP contribution < -0.4 is 14.5 Å². The first-order chi connectivity index (χ1) is 11.8. The molecule has 25 heavy (non-hydrogen) atoms. The Balaban J connectivity index is 2.18. The minimum absolute atomic E-state index is 0.0484. The SMILES string of the molecule is CCP(=O)(CC)Nc1ccc(S(=O)(=O)Nc2nccc(OC)n2)cc1. The third-order valence-electron chi connectivity index (χ3n) is 3.58. The van der Waals surface area contributed by atoms with Crippen molar-refractivity contribution in [3.05, 3.63) is 36.5 Å². The van der Waals surface area contributed by atoms with Crippen molar-refractivity contribution in [3.8, 4) is 5.88 Å². The number of nitrogens with zero attached hydrogens (tertiary/aromatic N) is 2. The van der Waals surface area contributed by atoms with Gasteiger partial charge >= 0.3 is 0 Å². The Labute approximate surface area is 147 Å². The van der Waals surface area contributed by atoms with Crippen LogP contribution in [0.4, 0.5) is 11.6 Å². The fourth-order valence-electron chi connectivity index (χ4n) is 2.01. The summed E-state index contributed by atoms with van der Waals surface area (Å²) in [5.74, 6) is 0.171. The number of hydrogen-bond acceptors (Lipinski definition) is 6. The molecular formula is C15H21N4O4PS. The van der Waals surface area contributed by atoms with Gasteiger partial charge in [0.25, 0.3) is 10.0 Å². The fraction of sp³-hybridized carbons (Fsp3) is 0.333. The molecule has 1 aromatic heterocycles. The highest BCUT2D eigenvalue weighted by atomic mass is 32.2. The summed E-state index contributed by atoms with van der Waals surface area (Å²) in [5, 5.41) is 3.00. The Kier molecular flexibility index (Phi) is 6.02. The molecule has 0 aliphatic heterocycles. The molecule has 2 N–H and O–H groups in total. The first-order valence-corrected chi connectivity index (χ1v) is 11.2. The first-order valence-electron chi connectivity index (χ1n) is 7.68. The summed E-state index contributed by atoms with van der Waals surface area (Å²) < 4.78 is 44.5. The van der Waals surface area contributed by atoms with Crippen molar-refractivity contribution in [2.75, 3.05) is 29.2 Å². The molecule has 2 rings (SSSR count). The van der Waals surface area contributed by atoms with E-state index in [2.05, 4.69) is 19.8 Å². The molecule has 0 spiro atoms. The Morgan fingerprint density at radius 2 is 1.76 bits per heavy atom. The zero-order chi connectivity index (χ0) is 18.5. The Morgan fingerprint density at radius 1 is 1.12 bits per heavy atom.